The number of benzene rings is 2. The number of sulfonamides is 1. The molecule has 3 N–H and O–H groups in total. The Kier molecular flexibility index (Phi) is 13.1. The van der Waals surface area contributed by atoms with Crippen LogP contribution in [0.4, 0.5) is 0 Å². The summed E-state index contributed by atoms with van der Waals surface area (Å²) in [4.78, 5) is 53.9. The summed E-state index contributed by atoms with van der Waals surface area (Å²) in [5.74, 6) is -2.36. The zero-order chi connectivity index (χ0) is 35.9. The lowest BCUT2D eigenvalue weighted by molar-refractivity contribution is -0.140. The van der Waals surface area contributed by atoms with E-state index < -0.39 is 50.9 Å². The molecule has 11 nitrogen and oxygen atoms in total. The summed E-state index contributed by atoms with van der Waals surface area (Å²) < 4.78 is 32.5. The SMILES string of the molecule is CN[C@H](C(=O)N[C@H](C(=O)N(C)[C@H](/C=C(\C)C(=O)NS(=O)(=O)c1ccc(C(=O)OC)cc1)C(C)C)C(C)(C)C)C(C)(C)c1ccccc1. The predicted octanol–water partition coefficient (Wildman–Crippen LogP) is 3.80. The van der Waals surface area contributed by atoms with Crippen molar-refractivity contribution in [1.82, 2.24) is 20.3 Å². The number of likely N-dealkylation sites (N-methyl/N-ethyl adjacent to an activating group) is 2. The lowest BCUT2D eigenvalue weighted by Crippen LogP contribution is -2.61. The first kappa shape index (κ1) is 39.1. The molecule has 0 bridgehead atoms. The van der Waals surface area contributed by atoms with Crippen molar-refractivity contribution in [2.45, 2.75) is 83.8 Å². The molecule has 3 atom stereocenters. The largest absolute Gasteiger partial charge is 0.465 e. The summed E-state index contributed by atoms with van der Waals surface area (Å²) in [6.07, 6.45) is 1.55. The van der Waals surface area contributed by atoms with Crippen LogP contribution in [-0.4, -0.2) is 76.3 Å². The average molecular weight is 671 g/mol. The summed E-state index contributed by atoms with van der Waals surface area (Å²) in [6, 6.07) is 12.4. The van der Waals surface area contributed by atoms with Gasteiger partial charge in [-0.05, 0) is 55.1 Å². The number of carbonyl (C=O) groups is 4. The summed E-state index contributed by atoms with van der Waals surface area (Å²) in [5.41, 5.74) is -0.0775. The molecule has 47 heavy (non-hydrogen) atoms. The van der Waals surface area contributed by atoms with Gasteiger partial charge in [0.15, 0.2) is 0 Å². The van der Waals surface area contributed by atoms with Gasteiger partial charge in [0.25, 0.3) is 15.9 Å². The van der Waals surface area contributed by atoms with Crippen molar-refractivity contribution in [1.29, 1.82) is 0 Å². The number of carbonyl (C=O) groups excluding carboxylic acids is 4. The molecule has 0 aliphatic rings. The topological polar surface area (TPSA) is 151 Å². The van der Waals surface area contributed by atoms with Gasteiger partial charge >= 0.3 is 5.97 Å². The number of amides is 3. The van der Waals surface area contributed by atoms with Gasteiger partial charge in [-0.2, -0.15) is 0 Å². The first-order chi connectivity index (χ1) is 21.7. The van der Waals surface area contributed by atoms with Crippen molar-refractivity contribution in [3.8, 4) is 0 Å². The molecule has 0 aromatic heterocycles. The van der Waals surface area contributed by atoms with Crippen molar-refractivity contribution in [3.05, 3.63) is 77.4 Å². The van der Waals surface area contributed by atoms with E-state index in [1.807, 2.05) is 83.5 Å². The third-order valence-electron chi connectivity index (χ3n) is 8.26. The van der Waals surface area contributed by atoms with Crippen LogP contribution in [0.25, 0.3) is 0 Å². The standard InChI is InChI=1S/C35H50N4O7S/c1-22(2)27(21-23(3)30(40)38-47(44,45)26-19-17-24(18-20-26)33(43)46-11)39(10)32(42)29(34(4,5)6)37-31(41)28(36-9)35(7,8)25-15-13-12-14-16-25/h12-22,27-29,36H,1-11H3,(H,37,41)(H,38,40)/b23-21+/t27-,28-,29-/m1/s1. The lowest BCUT2D eigenvalue weighted by Gasteiger charge is -2.40. The summed E-state index contributed by atoms with van der Waals surface area (Å²) >= 11 is 0. The maximum absolute atomic E-state index is 14.1. The number of nitrogens with zero attached hydrogens (tertiary/aromatic N) is 1. The number of ether oxygens (including phenoxy) is 1. The Morgan fingerprint density at radius 1 is 0.894 bits per heavy atom. The van der Waals surface area contributed by atoms with Crippen LogP contribution in [0.1, 0.15) is 71.3 Å². The summed E-state index contributed by atoms with van der Waals surface area (Å²) in [5, 5.41) is 6.12. The monoisotopic (exact) mass is 670 g/mol. The third-order valence-corrected chi connectivity index (χ3v) is 9.61. The van der Waals surface area contributed by atoms with Crippen LogP contribution in [0.3, 0.4) is 0 Å². The first-order valence-corrected chi connectivity index (χ1v) is 16.9. The highest BCUT2D eigenvalue weighted by Crippen LogP contribution is 2.29. The maximum atomic E-state index is 14.1. The van der Waals surface area contributed by atoms with E-state index in [2.05, 4.69) is 15.4 Å². The maximum Gasteiger partial charge on any atom is 0.337 e. The van der Waals surface area contributed by atoms with Gasteiger partial charge in [0.2, 0.25) is 11.8 Å². The Hall–Kier alpha value is -4.03. The highest BCUT2D eigenvalue weighted by atomic mass is 32.2. The fourth-order valence-electron chi connectivity index (χ4n) is 5.31. The minimum absolute atomic E-state index is 0.0781. The highest BCUT2D eigenvalue weighted by Gasteiger charge is 2.41. The molecule has 2 aromatic carbocycles. The minimum atomic E-state index is -4.26. The highest BCUT2D eigenvalue weighted by molar-refractivity contribution is 7.90. The second kappa shape index (κ2) is 15.7. The third kappa shape index (κ3) is 9.74. The molecular formula is C35H50N4O7S. The number of rotatable bonds is 13. The Balaban J connectivity index is 2.32. The molecule has 12 heteroatoms. The van der Waals surface area contributed by atoms with E-state index in [4.69, 9.17) is 0 Å². The Bertz CT molecular complexity index is 1560. The van der Waals surface area contributed by atoms with Crippen LogP contribution in [0.15, 0.2) is 71.1 Å². The van der Waals surface area contributed by atoms with E-state index in [1.165, 1.54) is 43.2 Å². The van der Waals surface area contributed by atoms with E-state index in [1.54, 1.807) is 20.2 Å². The van der Waals surface area contributed by atoms with Gasteiger partial charge in [-0.1, -0.05) is 84.9 Å². The molecule has 3 amide bonds. The molecule has 0 unspecified atom stereocenters. The van der Waals surface area contributed by atoms with Gasteiger partial charge in [0, 0.05) is 18.0 Å². The van der Waals surface area contributed by atoms with Crippen LogP contribution in [-0.2, 0) is 34.6 Å². The molecule has 0 radical (unpaired) electrons. The molecule has 258 valence electrons. The predicted molar refractivity (Wildman–Crippen MR) is 182 cm³/mol. The van der Waals surface area contributed by atoms with Gasteiger partial charge in [0.05, 0.1) is 29.7 Å². The van der Waals surface area contributed by atoms with Crippen molar-refractivity contribution >= 4 is 33.7 Å². The first-order valence-electron chi connectivity index (χ1n) is 15.4. The van der Waals surface area contributed by atoms with Gasteiger partial charge in [-0.15, -0.1) is 0 Å². The second-order valence-corrected chi connectivity index (χ2v) is 15.3. The molecule has 0 saturated heterocycles. The normalized spacial score (nSPS) is 14.5. The average Bonchev–Trinajstić information content (AvgIpc) is 3.01. The van der Waals surface area contributed by atoms with Crippen molar-refractivity contribution < 1.29 is 32.3 Å². The Morgan fingerprint density at radius 2 is 1.45 bits per heavy atom. The van der Waals surface area contributed by atoms with E-state index in [0.717, 1.165) is 5.56 Å². The van der Waals surface area contributed by atoms with Gasteiger partial charge in [-0.25, -0.2) is 17.9 Å². The van der Waals surface area contributed by atoms with Crippen LogP contribution in [0.2, 0.25) is 0 Å². The molecule has 0 spiro atoms. The second-order valence-electron chi connectivity index (χ2n) is 13.6. The minimum Gasteiger partial charge on any atom is -0.465 e. The lowest BCUT2D eigenvalue weighted by atomic mass is 9.76. The van der Waals surface area contributed by atoms with Crippen molar-refractivity contribution in [3.63, 3.8) is 0 Å². The van der Waals surface area contributed by atoms with E-state index >= 15 is 0 Å². The van der Waals surface area contributed by atoms with E-state index in [-0.39, 0.29) is 33.8 Å². The molecule has 2 rings (SSSR count). The number of hydrogen-bond donors (Lipinski definition) is 3. The molecule has 0 heterocycles. The van der Waals surface area contributed by atoms with Crippen molar-refractivity contribution in [2.24, 2.45) is 11.3 Å². The van der Waals surface area contributed by atoms with Crippen LogP contribution in [0, 0.1) is 11.3 Å². The van der Waals surface area contributed by atoms with Crippen LogP contribution < -0.4 is 15.4 Å². The molecule has 0 saturated carbocycles. The number of methoxy groups -OCH3 is 1. The fraction of sp³-hybridized carbons (Fsp3) is 0.486. The van der Waals surface area contributed by atoms with Crippen LogP contribution >= 0.6 is 0 Å². The molecule has 0 fully saturated rings. The quantitative estimate of drug-likeness (QED) is 0.215. The number of hydrogen-bond acceptors (Lipinski definition) is 8. The van der Waals surface area contributed by atoms with Gasteiger partial charge in [0.1, 0.15) is 6.04 Å². The van der Waals surface area contributed by atoms with Crippen molar-refractivity contribution in [2.75, 3.05) is 21.2 Å². The van der Waals surface area contributed by atoms with E-state index in [0.29, 0.717) is 0 Å². The van der Waals surface area contributed by atoms with E-state index in [9.17, 15) is 27.6 Å². The summed E-state index contributed by atoms with van der Waals surface area (Å²) in [7, 11) is 0.258. The Labute approximate surface area is 279 Å². The molecular weight excluding hydrogens is 620 g/mol. The molecule has 2 aromatic rings. The number of esters is 1. The smallest absolute Gasteiger partial charge is 0.337 e. The van der Waals surface area contributed by atoms with Crippen LogP contribution in [0.5, 0.6) is 0 Å². The number of nitrogens with one attached hydrogen (secondary N) is 3. The fourth-order valence-corrected chi connectivity index (χ4v) is 6.33. The zero-order valence-electron chi connectivity index (χ0n) is 29.3. The molecule has 0 aliphatic heterocycles. The van der Waals surface area contributed by atoms with Gasteiger partial charge < -0.3 is 20.3 Å². The van der Waals surface area contributed by atoms with Gasteiger partial charge in [-0.3, -0.25) is 14.4 Å². The summed E-state index contributed by atoms with van der Waals surface area (Å²) in [6.45, 7) is 14.7. The molecule has 0 aliphatic carbocycles. The Morgan fingerprint density at radius 3 is 1.91 bits per heavy atom. The zero-order valence-corrected chi connectivity index (χ0v) is 30.1.